The summed E-state index contributed by atoms with van der Waals surface area (Å²) in [5.74, 6) is -0.517. The summed E-state index contributed by atoms with van der Waals surface area (Å²) in [5.41, 5.74) is 1.67. The molecule has 0 spiro atoms. The van der Waals surface area contributed by atoms with E-state index in [0.717, 1.165) is 9.87 Å². The summed E-state index contributed by atoms with van der Waals surface area (Å²) < 4.78 is 34.2. The largest absolute Gasteiger partial charge is 0.494 e. The average molecular weight is 593 g/mol. The highest BCUT2D eigenvalue weighted by atomic mass is 35.5. The van der Waals surface area contributed by atoms with E-state index in [0.29, 0.717) is 33.7 Å². The highest BCUT2D eigenvalue weighted by molar-refractivity contribution is 7.92. The maximum absolute atomic E-state index is 13.9. The third-order valence-corrected chi connectivity index (χ3v) is 8.62. The molecule has 0 unspecified atom stereocenters. The maximum Gasteiger partial charge on any atom is 0.264 e. The zero-order valence-corrected chi connectivity index (χ0v) is 24.5. The molecule has 0 radical (unpaired) electrons. The fraction of sp³-hybridized carbons (Fsp3) is 0.286. The van der Waals surface area contributed by atoms with Gasteiger partial charge in [0.25, 0.3) is 10.0 Å². The number of rotatable bonds is 11. The number of nitrogens with zero attached hydrogens (tertiary/aromatic N) is 2. The van der Waals surface area contributed by atoms with E-state index < -0.39 is 34.4 Å². The molecule has 39 heavy (non-hydrogen) atoms. The Balaban J connectivity index is 2.05. The van der Waals surface area contributed by atoms with E-state index in [2.05, 4.69) is 5.32 Å². The fourth-order valence-electron chi connectivity index (χ4n) is 3.89. The Morgan fingerprint density at radius 2 is 1.56 bits per heavy atom. The summed E-state index contributed by atoms with van der Waals surface area (Å²) in [6.07, 6.45) is 0. The SMILES string of the molecule is CCOc1ccc(S(=O)(=O)N(CC(=O)N(Cc2c(Cl)cccc2Cl)[C@H](C)C(=O)NC)c2ccc(C)cc2)cc1. The Morgan fingerprint density at radius 1 is 0.974 bits per heavy atom. The molecule has 2 amide bonds. The van der Waals surface area contributed by atoms with Crippen LogP contribution in [0.15, 0.2) is 71.6 Å². The van der Waals surface area contributed by atoms with Gasteiger partial charge in [-0.05, 0) is 69.3 Å². The molecule has 3 aromatic carbocycles. The molecular formula is C28H31Cl2N3O5S. The van der Waals surface area contributed by atoms with Crippen molar-refractivity contribution in [1.82, 2.24) is 10.2 Å². The monoisotopic (exact) mass is 591 g/mol. The quantitative estimate of drug-likeness (QED) is 0.336. The molecule has 11 heteroatoms. The van der Waals surface area contributed by atoms with Crippen LogP contribution >= 0.6 is 23.2 Å². The van der Waals surface area contributed by atoms with Crippen LogP contribution in [-0.4, -0.2) is 51.4 Å². The summed E-state index contributed by atoms with van der Waals surface area (Å²) in [6, 6.07) is 16.8. The minimum absolute atomic E-state index is 0.0145. The zero-order valence-electron chi connectivity index (χ0n) is 22.1. The number of carbonyl (C=O) groups excluding carboxylic acids is 2. The van der Waals surface area contributed by atoms with Gasteiger partial charge in [-0.25, -0.2) is 8.42 Å². The molecule has 0 bridgehead atoms. The first-order chi connectivity index (χ1) is 18.5. The molecule has 0 aliphatic rings. The number of nitrogens with one attached hydrogen (secondary N) is 1. The Kier molecular flexibility index (Phi) is 10.2. The summed E-state index contributed by atoms with van der Waals surface area (Å²) in [4.78, 5) is 27.7. The number of halogens is 2. The van der Waals surface area contributed by atoms with Crippen molar-refractivity contribution in [3.05, 3.63) is 87.9 Å². The molecule has 0 aliphatic heterocycles. The molecule has 3 rings (SSSR count). The number of hydrogen-bond donors (Lipinski definition) is 1. The number of anilines is 1. The first-order valence-electron chi connectivity index (χ1n) is 12.3. The van der Waals surface area contributed by atoms with E-state index in [9.17, 15) is 18.0 Å². The van der Waals surface area contributed by atoms with Crippen molar-refractivity contribution in [2.45, 2.75) is 38.3 Å². The van der Waals surface area contributed by atoms with E-state index in [4.69, 9.17) is 27.9 Å². The molecule has 1 N–H and O–H groups in total. The Hall–Kier alpha value is -3.27. The van der Waals surface area contributed by atoms with Crippen LogP contribution in [0.4, 0.5) is 5.69 Å². The lowest BCUT2D eigenvalue weighted by molar-refractivity contribution is -0.139. The Labute approximate surface area is 239 Å². The molecule has 0 saturated carbocycles. The molecule has 0 aromatic heterocycles. The molecule has 3 aromatic rings. The van der Waals surface area contributed by atoms with Crippen LogP contribution in [0, 0.1) is 6.92 Å². The highest BCUT2D eigenvalue weighted by Crippen LogP contribution is 2.29. The van der Waals surface area contributed by atoms with Crippen LogP contribution in [-0.2, 0) is 26.2 Å². The van der Waals surface area contributed by atoms with Gasteiger partial charge < -0.3 is 15.0 Å². The van der Waals surface area contributed by atoms with Gasteiger partial charge in [0.05, 0.1) is 17.2 Å². The molecule has 8 nitrogen and oxygen atoms in total. The highest BCUT2D eigenvalue weighted by Gasteiger charge is 2.33. The van der Waals surface area contributed by atoms with E-state index in [-0.39, 0.29) is 11.4 Å². The Morgan fingerprint density at radius 3 is 2.10 bits per heavy atom. The molecular weight excluding hydrogens is 561 g/mol. The van der Waals surface area contributed by atoms with E-state index in [1.807, 2.05) is 13.8 Å². The lowest BCUT2D eigenvalue weighted by Crippen LogP contribution is -2.50. The number of likely N-dealkylation sites (N-methyl/N-ethyl adjacent to an activating group) is 1. The van der Waals surface area contributed by atoms with Gasteiger partial charge in [-0.15, -0.1) is 0 Å². The van der Waals surface area contributed by atoms with Crippen molar-refractivity contribution < 1.29 is 22.7 Å². The lowest BCUT2D eigenvalue weighted by Gasteiger charge is -2.32. The van der Waals surface area contributed by atoms with Crippen LogP contribution in [0.5, 0.6) is 5.75 Å². The number of amides is 2. The minimum Gasteiger partial charge on any atom is -0.494 e. The second-order valence-corrected chi connectivity index (χ2v) is 11.4. The fourth-order valence-corrected chi connectivity index (χ4v) is 5.82. The van der Waals surface area contributed by atoms with E-state index >= 15 is 0 Å². The number of ether oxygens (including phenoxy) is 1. The van der Waals surface area contributed by atoms with Crippen molar-refractivity contribution in [3.63, 3.8) is 0 Å². The number of carbonyl (C=O) groups is 2. The Bertz CT molecular complexity index is 1390. The lowest BCUT2D eigenvalue weighted by atomic mass is 10.1. The summed E-state index contributed by atoms with van der Waals surface area (Å²) in [6.45, 7) is 5.03. The smallest absolute Gasteiger partial charge is 0.264 e. The van der Waals surface area contributed by atoms with Crippen molar-refractivity contribution >= 4 is 50.7 Å². The third-order valence-electron chi connectivity index (χ3n) is 6.13. The zero-order chi connectivity index (χ0) is 28.7. The predicted octanol–water partition coefficient (Wildman–Crippen LogP) is 5.06. The summed E-state index contributed by atoms with van der Waals surface area (Å²) in [7, 11) is -2.73. The van der Waals surface area contributed by atoms with Gasteiger partial charge in [0.2, 0.25) is 11.8 Å². The average Bonchev–Trinajstić information content (AvgIpc) is 2.91. The standard InChI is InChI=1S/C28H31Cl2N3O5S/c1-5-38-22-13-15-23(16-14-22)39(36,37)33(21-11-9-19(2)10-12-21)18-27(34)32(20(3)28(35)31-4)17-24-25(29)7-6-8-26(24)30/h6-16,20H,5,17-18H2,1-4H3,(H,31,35)/t20-/m1/s1. The van der Waals surface area contributed by atoms with Gasteiger partial charge in [-0.3, -0.25) is 13.9 Å². The van der Waals surface area contributed by atoms with Gasteiger partial charge in [0, 0.05) is 29.2 Å². The molecule has 208 valence electrons. The van der Waals surface area contributed by atoms with Gasteiger partial charge in [-0.2, -0.15) is 0 Å². The summed E-state index contributed by atoms with van der Waals surface area (Å²) in [5, 5.41) is 3.18. The van der Waals surface area contributed by atoms with Crippen molar-refractivity contribution in [3.8, 4) is 5.75 Å². The molecule has 0 heterocycles. The number of sulfonamides is 1. The van der Waals surface area contributed by atoms with Gasteiger partial charge in [0.15, 0.2) is 0 Å². The van der Waals surface area contributed by atoms with Crippen molar-refractivity contribution in [2.24, 2.45) is 0 Å². The first kappa shape index (κ1) is 30.3. The second-order valence-electron chi connectivity index (χ2n) is 8.76. The van der Waals surface area contributed by atoms with Gasteiger partial charge >= 0.3 is 0 Å². The van der Waals surface area contributed by atoms with E-state index in [1.54, 1.807) is 61.5 Å². The predicted molar refractivity (Wildman–Crippen MR) is 154 cm³/mol. The maximum atomic E-state index is 13.9. The first-order valence-corrected chi connectivity index (χ1v) is 14.4. The van der Waals surface area contributed by atoms with Crippen LogP contribution in [0.3, 0.4) is 0 Å². The normalized spacial score (nSPS) is 11.9. The van der Waals surface area contributed by atoms with Gasteiger partial charge in [-0.1, -0.05) is 47.0 Å². The topological polar surface area (TPSA) is 96.0 Å². The molecule has 0 saturated heterocycles. The number of hydrogen-bond acceptors (Lipinski definition) is 5. The molecule has 0 fully saturated rings. The molecule has 0 aliphatic carbocycles. The van der Waals surface area contributed by atoms with Crippen LogP contribution < -0.4 is 14.4 Å². The summed E-state index contributed by atoms with van der Waals surface area (Å²) >= 11 is 12.7. The van der Waals surface area contributed by atoms with Crippen molar-refractivity contribution in [2.75, 3.05) is 24.5 Å². The van der Waals surface area contributed by atoms with E-state index in [1.165, 1.54) is 24.1 Å². The minimum atomic E-state index is -4.19. The second kappa shape index (κ2) is 13.2. The number of aryl methyl sites for hydroxylation is 1. The van der Waals surface area contributed by atoms with Crippen LogP contribution in [0.2, 0.25) is 10.0 Å². The number of benzene rings is 3. The molecule has 1 atom stereocenters. The van der Waals surface area contributed by atoms with Crippen LogP contribution in [0.25, 0.3) is 0 Å². The van der Waals surface area contributed by atoms with Gasteiger partial charge in [0.1, 0.15) is 18.3 Å². The van der Waals surface area contributed by atoms with Crippen LogP contribution in [0.1, 0.15) is 25.0 Å². The third kappa shape index (κ3) is 7.23. The van der Waals surface area contributed by atoms with Crippen molar-refractivity contribution in [1.29, 1.82) is 0 Å².